The number of halogens is 3. The van der Waals surface area contributed by atoms with Gasteiger partial charge < -0.3 is 15.3 Å². The van der Waals surface area contributed by atoms with Crippen LogP contribution in [-0.2, 0) is 4.79 Å². The van der Waals surface area contributed by atoms with Crippen LogP contribution in [-0.4, -0.2) is 34.6 Å². The number of anilines is 1. The molecular formula is C12H11F3N2O3. The maximum atomic E-state index is 13.4. The van der Waals surface area contributed by atoms with Gasteiger partial charge in [0.1, 0.15) is 18.0 Å². The van der Waals surface area contributed by atoms with Crippen LogP contribution in [0.5, 0.6) is 0 Å². The van der Waals surface area contributed by atoms with Gasteiger partial charge in [-0.05, 0) is 12.8 Å². The van der Waals surface area contributed by atoms with E-state index in [0.29, 0.717) is 25.0 Å². The van der Waals surface area contributed by atoms with E-state index in [2.05, 4.69) is 0 Å². The second kappa shape index (κ2) is 5.40. The van der Waals surface area contributed by atoms with E-state index < -0.39 is 41.7 Å². The number of aliphatic carboxylic acids is 1. The summed E-state index contributed by atoms with van der Waals surface area (Å²) in [5.74, 6) is -4.86. The van der Waals surface area contributed by atoms with Gasteiger partial charge in [-0.2, -0.15) is 0 Å². The standard InChI is InChI=1S/C12H11F3N2O3/c13-6-3-8(14)11(9(15)4-6)16-12(20)17(5-10(18)19)7-1-2-7/h3-4,7H,1-2,5H2,(H,16,20)(H,18,19). The number of carbonyl (C=O) groups is 2. The number of benzene rings is 1. The Balaban J connectivity index is 2.16. The average molecular weight is 288 g/mol. The molecule has 1 aliphatic rings. The Kier molecular flexibility index (Phi) is 3.82. The first-order chi connectivity index (χ1) is 9.38. The molecule has 0 bridgehead atoms. The predicted octanol–water partition coefficient (Wildman–Crippen LogP) is 2.18. The normalized spacial score (nSPS) is 13.9. The van der Waals surface area contributed by atoms with Crippen molar-refractivity contribution in [2.24, 2.45) is 0 Å². The van der Waals surface area contributed by atoms with Gasteiger partial charge in [0.05, 0.1) is 0 Å². The number of nitrogens with one attached hydrogen (secondary N) is 1. The molecule has 0 aromatic heterocycles. The highest BCUT2D eigenvalue weighted by Gasteiger charge is 2.34. The van der Waals surface area contributed by atoms with Gasteiger partial charge in [-0.25, -0.2) is 18.0 Å². The van der Waals surface area contributed by atoms with Gasteiger partial charge in [0.2, 0.25) is 0 Å². The summed E-state index contributed by atoms with van der Waals surface area (Å²) in [5, 5.41) is 10.6. The Labute approximate surface area is 112 Å². The summed E-state index contributed by atoms with van der Waals surface area (Å²) in [7, 11) is 0. The molecule has 0 radical (unpaired) electrons. The third kappa shape index (κ3) is 3.19. The van der Waals surface area contributed by atoms with Crippen LogP contribution in [0.15, 0.2) is 12.1 Å². The lowest BCUT2D eigenvalue weighted by Gasteiger charge is -2.21. The van der Waals surface area contributed by atoms with Crippen molar-refractivity contribution < 1.29 is 27.9 Å². The summed E-state index contributed by atoms with van der Waals surface area (Å²) in [4.78, 5) is 23.5. The predicted molar refractivity (Wildman–Crippen MR) is 62.7 cm³/mol. The maximum absolute atomic E-state index is 13.4. The quantitative estimate of drug-likeness (QED) is 0.892. The second-order valence-corrected chi connectivity index (χ2v) is 4.43. The molecule has 1 aromatic carbocycles. The molecular weight excluding hydrogens is 277 g/mol. The van der Waals surface area contributed by atoms with E-state index >= 15 is 0 Å². The minimum absolute atomic E-state index is 0.252. The number of hydrogen-bond donors (Lipinski definition) is 2. The molecule has 0 spiro atoms. The van der Waals surface area contributed by atoms with Crippen molar-refractivity contribution in [1.29, 1.82) is 0 Å². The van der Waals surface area contributed by atoms with Crippen LogP contribution in [0.25, 0.3) is 0 Å². The molecule has 0 atom stereocenters. The van der Waals surface area contributed by atoms with Crippen molar-refractivity contribution in [3.05, 3.63) is 29.6 Å². The summed E-state index contributed by atoms with van der Waals surface area (Å²) in [6.45, 7) is -0.569. The van der Waals surface area contributed by atoms with E-state index in [4.69, 9.17) is 5.11 Å². The Morgan fingerprint density at radius 1 is 1.25 bits per heavy atom. The fraction of sp³-hybridized carbons (Fsp3) is 0.333. The van der Waals surface area contributed by atoms with Crippen molar-refractivity contribution in [2.75, 3.05) is 11.9 Å². The van der Waals surface area contributed by atoms with E-state index in [9.17, 15) is 22.8 Å². The number of carboxylic acid groups (broad SMARTS) is 1. The average Bonchev–Trinajstić information content (AvgIpc) is 3.14. The minimum atomic E-state index is -1.26. The molecule has 1 saturated carbocycles. The zero-order valence-corrected chi connectivity index (χ0v) is 10.2. The lowest BCUT2D eigenvalue weighted by atomic mass is 10.3. The van der Waals surface area contributed by atoms with Gasteiger partial charge in [0, 0.05) is 18.2 Å². The Hall–Kier alpha value is -2.25. The highest BCUT2D eigenvalue weighted by Crippen LogP contribution is 2.28. The number of urea groups is 1. The Bertz CT molecular complexity index is 538. The first-order valence-corrected chi connectivity index (χ1v) is 5.82. The molecule has 2 rings (SSSR count). The highest BCUT2D eigenvalue weighted by molar-refractivity contribution is 5.92. The largest absolute Gasteiger partial charge is 0.480 e. The third-order valence-corrected chi connectivity index (χ3v) is 2.79. The summed E-state index contributed by atoms with van der Waals surface area (Å²) >= 11 is 0. The maximum Gasteiger partial charge on any atom is 0.323 e. The van der Waals surface area contributed by atoms with Crippen molar-refractivity contribution in [3.8, 4) is 0 Å². The zero-order chi connectivity index (χ0) is 14.9. The molecule has 1 aromatic rings. The van der Waals surface area contributed by atoms with Crippen LogP contribution >= 0.6 is 0 Å². The van der Waals surface area contributed by atoms with Crippen molar-refractivity contribution in [3.63, 3.8) is 0 Å². The van der Waals surface area contributed by atoms with E-state index in [1.807, 2.05) is 5.32 Å². The summed E-state index contributed by atoms with van der Waals surface area (Å²) < 4.78 is 39.5. The van der Waals surface area contributed by atoms with Crippen molar-refractivity contribution in [2.45, 2.75) is 18.9 Å². The lowest BCUT2D eigenvalue weighted by molar-refractivity contribution is -0.137. The molecule has 0 saturated heterocycles. The molecule has 108 valence electrons. The number of carbonyl (C=O) groups excluding carboxylic acids is 1. The number of nitrogens with zero attached hydrogens (tertiary/aromatic N) is 1. The summed E-state index contributed by atoms with van der Waals surface area (Å²) in [6, 6.07) is -0.327. The molecule has 1 fully saturated rings. The van der Waals surface area contributed by atoms with Gasteiger partial charge in [-0.3, -0.25) is 4.79 Å². The molecule has 0 heterocycles. The number of hydrogen-bond acceptors (Lipinski definition) is 2. The number of rotatable bonds is 4. The van der Waals surface area contributed by atoms with E-state index in [0.717, 1.165) is 4.90 Å². The molecule has 0 unspecified atom stereocenters. The Morgan fingerprint density at radius 3 is 2.25 bits per heavy atom. The molecule has 20 heavy (non-hydrogen) atoms. The fourth-order valence-corrected chi connectivity index (χ4v) is 1.74. The molecule has 1 aliphatic carbocycles. The minimum Gasteiger partial charge on any atom is -0.480 e. The fourth-order valence-electron chi connectivity index (χ4n) is 1.74. The van der Waals surface area contributed by atoms with Crippen LogP contribution in [0.2, 0.25) is 0 Å². The monoisotopic (exact) mass is 288 g/mol. The molecule has 8 heteroatoms. The topological polar surface area (TPSA) is 69.6 Å². The summed E-state index contributed by atoms with van der Waals surface area (Å²) in [6.07, 6.45) is 1.27. The van der Waals surface area contributed by atoms with Crippen LogP contribution in [0, 0.1) is 17.5 Å². The lowest BCUT2D eigenvalue weighted by Crippen LogP contribution is -2.40. The van der Waals surface area contributed by atoms with Crippen LogP contribution in [0.1, 0.15) is 12.8 Å². The highest BCUT2D eigenvalue weighted by atomic mass is 19.1. The molecule has 0 aliphatic heterocycles. The van der Waals surface area contributed by atoms with Gasteiger partial charge in [-0.1, -0.05) is 0 Å². The summed E-state index contributed by atoms with van der Waals surface area (Å²) in [5.41, 5.74) is -0.799. The number of amides is 2. The Morgan fingerprint density at radius 2 is 1.80 bits per heavy atom. The van der Waals surface area contributed by atoms with Gasteiger partial charge in [0.15, 0.2) is 11.6 Å². The van der Waals surface area contributed by atoms with E-state index in [-0.39, 0.29) is 6.04 Å². The first-order valence-electron chi connectivity index (χ1n) is 5.82. The van der Waals surface area contributed by atoms with Crippen molar-refractivity contribution >= 4 is 17.7 Å². The van der Waals surface area contributed by atoms with Crippen LogP contribution in [0.4, 0.5) is 23.7 Å². The SMILES string of the molecule is O=C(O)CN(C(=O)Nc1c(F)cc(F)cc1F)C1CC1. The van der Waals surface area contributed by atoms with E-state index in [1.165, 1.54) is 0 Å². The van der Waals surface area contributed by atoms with Gasteiger partial charge in [-0.15, -0.1) is 0 Å². The van der Waals surface area contributed by atoms with Crippen LogP contribution in [0.3, 0.4) is 0 Å². The molecule has 5 nitrogen and oxygen atoms in total. The van der Waals surface area contributed by atoms with Crippen molar-refractivity contribution in [1.82, 2.24) is 4.90 Å². The molecule has 2 amide bonds. The third-order valence-electron chi connectivity index (χ3n) is 2.79. The molecule has 2 N–H and O–H groups in total. The second-order valence-electron chi connectivity index (χ2n) is 4.43. The van der Waals surface area contributed by atoms with Gasteiger partial charge in [0.25, 0.3) is 0 Å². The number of carboxylic acids is 1. The van der Waals surface area contributed by atoms with Crippen LogP contribution < -0.4 is 5.32 Å². The first kappa shape index (κ1) is 14.2. The van der Waals surface area contributed by atoms with E-state index in [1.54, 1.807) is 0 Å². The van der Waals surface area contributed by atoms with Gasteiger partial charge >= 0.3 is 12.0 Å². The smallest absolute Gasteiger partial charge is 0.323 e. The zero-order valence-electron chi connectivity index (χ0n) is 10.2.